The average Bonchev–Trinajstić information content (AvgIpc) is 2.14. The van der Waals surface area contributed by atoms with Crippen molar-refractivity contribution in [2.75, 3.05) is 6.54 Å². The highest BCUT2D eigenvalue weighted by Gasteiger charge is 2.26. The van der Waals surface area contributed by atoms with Crippen molar-refractivity contribution in [3.05, 3.63) is 0 Å². The van der Waals surface area contributed by atoms with Gasteiger partial charge in [0.2, 0.25) is 5.91 Å². The minimum Gasteiger partial charge on any atom is -0.355 e. The first kappa shape index (κ1) is 13.0. The van der Waals surface area contributed by atoms with E-state index in [1.54, 1.807) is 0 Å². The second kappa shape index (κ2) is 5.33. The van der Waals surface area contributed by atoms with E-state index in [-0.39, 0.29) is 5.91 Å². The van der Waals surface area contributed by atoms with E-state index in [1.807, 2.05) is 13.8 Å². The van der Waals surface area contributed by atoms with Gasteiger partial charge < -0.3 is 5.32 Å². The number of alkyl halides is 1. The molecule has 1 N–H and O–H groups in total. The van der Waals surface area contributed by atoms with E-state index < -0.39 is 4.32 Å². The van der Waals surface area contributed by atoms with Gasteiger partial charge in [0.05, 0.1) is 4.32 Å². The van der Waals surface area contributed by atoms with Crippen molar-refractivity contribution in [1.82, 2.24) is 5.32 Å². The van der Waals surface area contributed by atoms with Crippen molar-refractivity contribution in [3.63, 3.8) is 0 Å². The average molecular weight is 276 g/mol. The van der Waals surface area contributed by atoms with E-state index in [4.69, 9.17) is 0 Å². The minimum absolute atomic E-state index is 0.0975. The second-order valence-electron chi connectivity index (χ2n) is 5.20. The predicted octanol–water partition coefficient (Wildman–Crippen LogP) is 3.10. The molecule has 1 aliphatic rings. The Labute approximate surface area is 101 Å². The van der Waals surface area contributed by atoms with Crippen LogP contribution >= 0.6 is 15.9 Å². The summed E-state index contributed by atoms with van der Waals surface area (Å²) >= 11 is 3.37. The highest BCUT2D eigenvalue weighted by molar-refractivity contribution is 9.10. The van der Waals surface area contributed by atoms with Gasteiger partial charge in [0, 0.05) is 6.54 Å². The molecule has 88 valence electrons. The van der Waals surface area contributed by atoms with E-state index >= 15 is 0 Å². The molecule has 1 fully saturated rings. The van der Waals surface area contributed by atoms with Crippen molar-refractivity contribution in [2.24, 2.45) is 11.8 Å². The zero-order chi connectivity index (χ0) is 11.5. The van der Waals surface area contributed by atoms with Gasteiger partial charge in [-0.1, -0.05) is 42.1 Å². The molecule has 0 aromatic carbocycles. The van der Waals surface area contributed by atoms with Crippen molar-refractivity contribution < 1.29 is 4.79 Å². The maximum atomic E-state index is 11.7. The van der Waals surface area contributed by atoms with Crippen LogP contribution in [0.3, 0.4) is 0 Å². The maximum absolute atomic E-state index is 11.7. The number of halogens is 1. The minimum atomic E-state index is -0.440. The molecule has 15 heavy (non-hydrogen) atoms. The highest BCUT2D eigenvalue weighted by atomic mass is 79.9. The van der Waals surface area contributed by atoms with Gasteiger partial charge in [0.1, 0.15) is 0 Å². The molecule has 0 spiro atoms. The molecule has 0 heterocycles. The number of carbonyl (C=O) groups excluding carboxylic acids is 1. The van der Waals surface area contributed by atoms with Crippen LogP contribution < -0.4 is 5.32 Å². The van der Waals surface area contributed by atoms with Crippen LogP contribution in [-0.4, -0.2) is 16.8 Å². The summed E-state index contributed by atoms with van der Waals surface area (Å²) in [5.41, 5.74) is 0. The molecule has 0 radical (unpaired) electrons. The number of carbonyl (C=O) groups is 1. The topological polar surface area (TPSA) is 29.1 Å². The number of hydrogen-bond donors (Lipinski definition) is 1. The summed E-state index contributed by atoms with van der Waals surface area (Å²) in [4.78, 5) is 11.7. The first-order valence-corrected chi connectivity index (χ1v) is 6.68. The molecule has 1 aliphatic carbocycles. The molecular formula is C12H22BrNO. The van der Waals surface area contributed by atoms with Crippen LogP contribution in [0.2, 0.25) is 0 Å². The number of rotatable bonds is 3. The van der Waals surface area contributed by atoms with Crippen molar-refractivity contribution >= 4 is 21.8 Å². The van der Waals surface area contributed by atoms with Crippen LogP contribution in [0.4, 0.5) is 0 Å². The SMILES string of the molecule is CC1CCCCC1CNC(=O)C(C)(C)Br. The molecule has 0 aromatic heterocycles. The van der Waals surface area contributed by atoms with Crippen LogP contribution in [-0.2, 0) is 4.79 Å². The van der Waals surface area contributed by atoms with Crippen LogP contribution in [0.5, 0.6) is 0 Å². The fraction of sp³-hybridized carbons (Fsp3) is 0.917. The molecule has 0 saturated heterocycles. The highest BCUT2D eigenvalue weighted by Crippen LogP contribution is 2.29. The summed E-state index contributed by atoms with van der Waals surface area (Å²) in [7, 11) is 0. The Bertz CT molecular complexity index is 222. The number of nitrogens with one attached hydrogen (secondary N) is 1. The van der Waals surface area contributed by atoms with Gasteiger partial charge in [-0.2, -0.15) is 0 Å². The molecule has 1 saturated carbocycles. The molecule has 2 nitrogen and oxygen atoms in total. The Hall–Kier alpha value is -0.0500. The Kier molecular flexibility index (Phi) is 4.63. The van der Waals surface area contributed by atoms with E-state index in [2.05, 4.69) is 28.2 Å². The monoisotopic (exact) mass is 275 g/mol. The number of hydrogen-bond acceptors (Lipinski definition) is 1. The Balaban J connectivity index is 2.33. The van der Waals surface area contributed by atoms with Gasteiger partial charge in [-0.05, 0) is 32.1 Å². The Morgan fingerprint density at radius 2 is 2.00 bits per heavy atom. The van der Waals surface area contributed by atoms with Gasteiger partial charge in [-0.25, -0.2) is 0 Å². The lowest BCUT2D eigenvalue weighted by Gasteiger charge is -2.29. The number of amides is 1. The van der Waals surface area contributed by atoms with Gasteiger partial charge >= 0.3 is 0 Å². The summed E-state index contributed by atoms with van der Waals surface area (Å²) in [5, 5.41) is 3.04. The quantitative estimate of drug-likeness (QED) is 0.788. The lowest BCUT2D eigenvalue weighted by molar-refractivity contribution is -0.122. The summed E-state index contributed by atoms with van der Waals surface area (Å²) < 4.78 is -0.440. The van der Waals surface area contributed by atoms with Gasteiger partial charge in [-0.15, -0.1) is 0 Å². The molecule has 1 rings (SSSR count). The molecule has 0 aliphatic heterocycles. The first-order chi connectivity index (χ1) is 6.91. The van der Waals surface area contributed by atoms with Crippen LogP contribution in [0.15, 0.2) is 0 Å². The van der Waals surface area contributed by atoms with Crippen LogP contribution in [0, 0.1) is 11.8 Å². The molecular weight excluding hydrogens is 254 g/mol. The van der Waals surface area contributed by atoms with E-state index in [1.165, 1.54) is 25.7 Å². The summed E-state index contributed by atoms with van der Waals surface area (Å²) in [6.07, 6.45) is 5.26. The Morgan fingerprint density at radius 1 is 1.40 bits per heavy atom. The standard InChI is InChI=1S/C12H22BrNO/c1-9-6-4-5-7-10(9)8-14-11(15)12(2,3)13/h9-10H,4-8H2,1-3H3,(H,14,15). The zero-order valence-electron chi connectivity index (χ0n) is 9.98. The molecule has 2 unspecified atom stereocenters. The maximum Gasteiger partial charge on any atom is 0.236 e. The van der Waals surface area contributed by atoms with E-state index in [0.29, 0.717) is 5.92 Å². The van der Waals surface area contributed by atoms with E-state index in [9.17, 15) is 4.79 Å². The third-order valence-electron chi connectivity index (χ3n) is 3.35. The second-order valence-corrected chi connectivity index (χ2v) is 7.19. The smallest absolute Gasteiger partial charge is 0.236 e. The Morgan fingerprint density at radius 3 is 2.53 bits per heavy atom. The predicted molar refractivity (Wildman–Crippen MR) is 67.1 cm³/mol. The molecule has 0 aromatic rings. The van der Waals surface area contributed by atoms with Crippen LogP contribution in [0.1, 0.15) is 46.5 Å². The molecule has 1 amide bonds. The van der Waals surface area contributed by atoms with Crippen LogP contribution in [0.25, 0.3) is 0 Å². The fourth-order valence-corrected chi connectivity index (χ4v) is 2.27. The normalized spacial score (nSPS) is 27.5. The van der Waals surface area contributed by atoms with Crippen molar-refractivity contribution in [3.8, 4) is 0 Å². The summed E-state index contributed by atoms with van der Waals surface area (Å²) in [5.74, 6) is 1.54. The van der Waals surface area contributed by atoms with Gasteiger partial charge in [-0.3, -0.25) is 4.79 Å². The summed E-state index contributed by atoms with van der Waals surface area (Å²) in [6.45, 7) is 6.91. The van der Waals surface area contributed by atoms with Gasteiger partial charge in [0.25, 0.3) is 0 Å². The lowest BCUT2D eigenvalue weighted by atomic mass is 9.80. The first-order valence-electron chi connectivity index (χ1n) is 5.88. The van der Waals surface area contributed by atoms with Crippen molar-refractivity contribution in [2.45, 2.75) is 50.8 Å². The largest absolute Gasteiger partial charge is 0.355 e. The van der Waals surface area contributed by atoms with E-state index in [0.717, 1.165) is 12.5 Å². The molecule has 2 atom stereocenters. The fourth-order valence-electron chi connectivity index (χ4n) is 2.13. The van der Waals surface area contributed by atoms with Crippen molar-refractivity contribution in [1.29, 1.82) is 0 Å². The zero-order valence-corrected chi connectivity index (χ0v) is 11.6. The lowest BCUT2D eigenvalue weighted by Crippen LogP contribution is -2.41. The molecule has 0 bridgehead atoms. The third kappa shape index (κ3) is 4.13. The third-order valence-corrected chi connectivity index (χ3v) is 3.71. The van der Waals surface area contributed by atoms with Gasteiger partial charge in [0.15, 0.2) is 0 Å². The molecule has 3 heteroatoms. The summed E-state index contributed by atoms with van der Waals surface area (Å²) in [6, 6.07) is 0.